The van der Waals surface area contributed by atoms with E-state index in [2.05, 4.69) is 10.6 Å². The summed E-state index contributed by atoms with van der Waals surface area (Å²) in [6.07, 6.45) is 1.51. The summed E-state index contributed by atoms with van der Waals surface area (Å²) in [5.74, 6) is -1.05. The molecule has 0 radical (unpaired) electrons. The standard InChI is InChI=1S/C14H26N2O4/c1-10(6-5-7-12(18)19)16-11(17)8-9-15-13(20)14(2,3)4/h10H,5-9H2,1-4H3,(H,15,20)(H,16,17)(H,18,19). The molecule has 0 rings (SSSR count). The topological polar surface area (TPSA) is 95.5 Å². The van der Waals surface area contributed by atoms with Crippen LogP contribution in [0.2, 0.25) is 0 Å². The summed E-state index contributed by atoms with van der Waals surface area (Å²) in [5, 5.41) is 14.0. The number of carbonyl (C=O) groups is 3. The predicted octanol–water partition coefficient (Wildman–Crippen LogP) is 1.30. The van der Waals surface area contributed by atoms with Crippen LogP contribution in [0.3, 0.4) is 0 Å². The molecule has 1 unspecified atom stereocenters. The van der Waals surface area contributed by atoms with Crippen LogP contribution >= 0.6 is 0 Å². The molecule has 0 aromatic carbocycles. The van der Waals surface area contributed by atoms with Crippen molar-refractivity contribution in [1.82, 2.24) is 10.6 Å². The van der Waals surface area contributed by atoms with Crippen LogP contribution in [-0.2, 0) is 14.4 Å². The fraction of sp³-hybridized carbons (Fsp3) is 0.786. The molecule has 0 aliphatic carbocycles. The van der Waals surface area contributed by atoms with E-state index in [1.54, 1.807) is 0 Å². The van der Waals surface area contributed by atoms with Crippen molar-refractivity contribution < 1.29 is 19.5 Å². The van der Waals surface area contributed by atoms with Crippen LogP contribution in [0, 0.1) is 5.41 Å². The Bertz CT molecular complexity index is 348. The van der Waals surface area contributed by atoms with E-state index in [-0.39, 0.29) is 30.7 Å². The molecule has 6 heteroatoms. The second-order valence-corrected chi connectivity index (χ2v) is 6.01. The zero-order chi connectivity index (χ0) is 15.8. The number of hydrogen-bond donors (Lipinski definition) is 3. The van der Waals surface area contributed by atoms with Crippen LogP contribution in [0.5, 0.6) is 0 Å². The van der Waals surface area contributed by atoms with Gasteiger partial charge in [-0.1, -0.05) is 20.8 Å². The molecule has 0 saturated heterocycles. The number of carbonyl (C=O) groups excluding carboxylic acids is 2. The van der Waals surface area contributed by atoms with Gasteiger partial charge in [0.15, 0.2) is 0 Å². The average molecular weight is 286 g/mol. The molecular weight excluding hydrogens is 260 g/mol. The summed E-state index contributed by atoms with van der Waals surface area (Å²) in [6, 6.07) is -0.0554. The maximum atomic E-state index is 11.6. The van der Waals surface area contributed by atoms with Gasteiger partial charge in [0.2, 0.25) is 11.8 Å². The van der Waals surface area contributed by atoms with E-state index in [0.717, 1.165) is 0 Å². The van der Waals surface area contributed by atoms with Crippen LogP contribution in [0.1, 0.15) is 53.4 Å². The molecular formula is C14H26N2O4. The highest BCUT2D eigenvalue weighted by Crippen LogP contribution is 2.12. The van der Waals surface area contributed by atoms with Gasteiger partial charge in [0.05, 0.1) is 0 Å². The third-order valence-electron chi connectivity index (χ3n) is 2.75. The van der Waals surface area contributed by atoms with Crippen LogP contribution in [0.15, 0.2) is 0 Å². The molecule has 0 fully saturated rings. The molecule has 2 amide bonds. The van der Waals surface area contributed by atoms with E-state index in [4.69, 9.17) is 5.11 Å². The highest BCUT2D eigenvalue weighted by Gasteiger charge is 2.20. The maximum absolute atomic E-state index is 11.6. The van der Waals surface area contributed by atoms with Crippen molar-refractivity contribution >= 4 is 17.8 Å². The zero-order valence-corrected chi connectivity index (χ0v) is 12.8. The van der Waals surface area contributed by atoms with Crippen molar-refractivity contribution in [2.75, 3.05) is 6.54 Å². The lowest BCUT2D eigenvalue weighted by Gasteiger charge is -2.18. The molecule has 0 aliphatic heterocycles. The van der Waals surface area contributed by atoms with Gasteiger partial charge in [-0.05, 0) is 19.8 Å². The number of rotatable bonds is 8. The summed E-state index contributed by atoms with van der Waals surface area (Å²) >= 11 is 0. The third-order valence-corrected chi connectivity index (χ3v) is 2.75. The minimum absolute atomic E-state index is 0.0554. The molecule has 1 atom stereocenters. The van der Waals surface area contributed by atoms with E-state index in [1.165, 1.54) is 0 Å². The summed E-state index contributed by atoms with van der Waals surface area (Å²) in [5.41, 5.74) is -0.458. The predicted molar refractivity (Wildman–Crippen MR) is 76.2 cm³/mol. The number of amides is 2. The molecule has 0 aliphatic rings. The quantitative estimate of drug-likeness (QED) is 0.626. The third kappa shape index (κ3) is 9.35. The first-order valence-electron chi connectivity index (χ1n) is 6.92. The Kier molecular flexibility index (Phi) is 7.87. The number of carboxylic acids is 1. The van der Waals surface area contributed by atoms with Gasteiger partial charge in [-0.15, -0.1) is 0 Å². The van der Waals surface area contributed by atoms with Crippen LogP contribution in [-0.4, -0.2) is 35.5 Å². The van der Waals surface area contributed by atoms with Gasteiger partial charge in [0, 0.05) is 30.8 Å². The molecule has 0 heterocycles. The summed E-state index contributed by atoms with van der Waals surface area (Å²) in [7, 11) is 0. The molecule has 0 aromatic rings. The lowest BCUT2D eigenvalue weighted by atomic mass is 9.96. The molecule has 20 heavy (non-hydrogen) atoms. The normalized spacial score (nSPS) is 12.6. The van der Waals surface area contributed by atoms with Gasteiger partial charge in [-0.3, -0.25) is 14.4 Å². The van der Waals surface area contributed by atoms with E-state index >= 15 is 0 Å². The Morgan fingerprint density at radius 1 is 1.15 bits per heavy atom. The van der Waals surface area contributed by atoms with Gasteiger partial charge >= 0.3 is 5.97 Å². The fourth-order valence-electron chi connectivity index (χ4n) is 1.53. The van der Waals surface area contributed by atoms with Crippen molar-refractivity contribution in [3.8, 4) is 0 Å². The van der Waals surface area contributed by atoms with E-state index < -0.39 is 11.4 Å². The van der Waals surface area contributed by atoms with Gasteiger partial charge < -0.3 is 15.7 Å². The fourth-order valence-corrected chi connectivity index (χ4v) is 1.53. The Morgan fingerprint density at radius 3 is 2.25 bits per heavy atom. The number of carboxylic acid groups (broad SMARTS) is 1. The minimum Gasteiger partial charge on any atom is -0.481 e. The average Bonchev–Trinajstić information content (AvgIpc) is 2.26. The SMILES string of the molecule is CC(CCCC(=O)O)NC(=O)CCNC(=O)C(C)(C)C. The zero-order valence-electron chi connectivity index (χ0n) is 12.8. The first kappa shape index (κ1) is 18.4. The Hall–Kier alpha value is -1.59. The number of aliphatic carboxylic acids is 1. The smallest absolute Gasteiger partial charge is 0.303 e. The monoisotopic (exact) mass is 286 g/mol. The van der Waals surface area contributed by atoms with E-state index in [0.29, 0.717) is 19.4 Å². The number of hydrogen-bond acceptors (Lipinski definition) is 3. The molecule has 0 bridgehead atoms. The van der Waals surface area contributed by atoms with Gasteiger partial charge in [0.1, 0.15) is 0 Å². The van der Waals surface area contributed by atoms with E-state index in [9.17, 15) is 14.4 Å². The van der Waals surface area contributed by atoms with Crippen LogP contribution in [0.4, 0.5) is 0 Å². The maximum Gasteiger partial charge on any atom is 0.303 e. The van der Waals surface area contributed by atoms with Crippen molar-refractivity contribution in [3.05, 3.63) is 0 Å². The highest BCUT2D eigenvalue weighted by molar-refractivity contribution is 5.82. The molecule has 0 saturated carbocycles. The van der Waals surface area contributed by atoms with Crippen molar-refractivity contribution in [1.29, 1.82) is 0 Å². The van der Waals surface area contributed by atoms with Crippen molar-refractivity contribution in [2.45, 2.75) is 59.4 Å². The summed E-state index contributed by atoms with van der Waals surface area (Å²) < 4.78 is 0. The summed E-state index contributed by atoms with van der Waals surface area (Å²) in [6.45, 7) is 7.59. The Labute approximate surface area is 120 Å². The molecule has 6 nitrogen and oxygen atoms in total. The van der Waals surface area contributed by atoms with E-state index in [1.807, 2.05) is 27.7 Å². The van der Waals surface area contributed by atoms with Gasteiger partial charge in [-0.2, -0.15) is 0 Å². The Morgan fingerprint density at radius 2 is 1.75 bits per heavy atom. The highest BCUT2D eigenvalue weighted by atomic mass is 16.4. The Balaban J connectivity index is 3.78. The number of nitrogens with one attached hydrogen (secondary N) is 2. The molecule has 3 N–H and O–H groups in total. The lowest BCUT2D eigenvalue weighted by Crippen LogP contribution is -2.39. The molecule has 0 aromatic heterocycles. The first-order valence-corrected chi connectivity index (χ1v) is 6.92. The molecule has 116 valence electrons. The first-order chi connectivity index (χ1) is 9.12. The molecule has 0 spiro atoms. The van der Waals surface area contributed by atoms with Crippen LogP contribution < -0.4 is 10.6 Å². The lowest BCUT2D eigenvalue weighted by molar-refractivity contribution is -0.137. The van der Waals surface area contributed by atoms with Gasteiger partial charge in [0.25, 0.3) is 0 Å². The minimum atomic E-state index is -0.826. The second-order valence-electron chi connectivity index (χ2n) is 6.01. The second kappa shape index (κ2) is 8.55. The summed E-state index contributed by atoms with van der Waals surface area (Å²) in [4.78, 5) is 33.5. The van der Waals surface area contributed by atoms with Crippen molar-refractivity contribution in [3.63, 3.8) is 0 Å². The van der Waals surface area contributed by atoms with Crippen molar-refractivity contribution in [2.24, 2.45) is 5.41 Å². The van der Waals surface area contributed by atoms with Crippen LogP contribution in [0.25, 0.3) is 0 Å². The van der Waals surface area contributed by atoms with Gasteiger partial charge in [-0.25, -0.2) is 0 Å². The largest absolute Gasteiger partial charge is 0.481 e.